The number of hydrogen-bond donors (Lipinski definition) is 0. The Balaban J connectivity index is 1.87. The second kappa shape index (κ2) is 8.28. The van der Waals surface area contributed by atoms with Crippen molar-refractivity contribution in [1.29, 1.82) is 0 Å². The van der Waals surface area contributed by atoms with Crippen LogP contribution in [0.25, 0.3) is 22.3 Å². The Labute approximate surface area is 179 Å². The molecular weight excluding hydrogens is 415 g/mol. The highest BCUT2D eigenvalue weighted by Gasteiger charge is 2.16. The molecule has 0 aliphatic carbocycles. The molecule has 1 aromatic heterocycles. The van der Waals surface area contributed by atoms with Gasteiger partial charge in [0.25, 0.3) is 5.56 Å². The van der Waals surface area contributed by atoms with Gasteiger partial charge in [0, 0.05) is 11.8 Å². The summed E-state index contributed by atoms with van der Waals surface area (Å²) in [5.74, 6) is -0.401. The molecular formula is C24H19FN2O3S. The Bertz CT molecular complexity index is 1380. The lowest BCUT2D eigenvalue weighted by atomic mass is 9.97. The molecule has 0 aliphatic heterocycles. The van der Waals surface area contributed by atoms with Gasteiger partial charge in [-0.05, 0) is 41.0 Å². The molecule has 4 aromatic rings. The molecule has 0 bridgehead atoms. The molecule has 0 amide bonds. The van der Waals surface area contributed by atoms with Crippen molar-refractivity contribution >= 4 is 9.84 Å². The molecule has 31 heavy (non-hydrogen) atoms. The quantitative estimate of drug-likeness (QED) is 0.473. The zero-order valence-electron chi connectivity index (χ0n) is 16.7. The zero-order valence-corrected chi connectivity index (χ0v) is 17.5. The van der Waals surface area contributed by atoms with Crippen molar-refractivity contribution in [3.63, 3.8) is 0 Å². The molecule has 0 saturated carbocycles. The third-order valence-electron chi connectivity index (χ3n) is 4.95. The van der Waals surface area contributed by atoms with E-state index in [-0.39, 0.29) is 10.5 Å². The Morgan fingerprint density at radius 2 is 1.48 bits per heavy atom. The van der Waals surface area contributed by atoms with Crippen LogP contribution in [0.5, 0.6) is 0 Å². The molecule has 0 aliphatic rings. The van der Waals surface area contributed by atoms with E-state index in [0.717, 1.165) is 11.8 Å². The van der Waals surface area contributed by atoms with Crippen molar-refractivity contribution < 1.29 is 12.8 Å². The van der Waals surface area contributed by atoms with E-state index in [1.54, 1.807) is 30.5 Å². The average Bonchev–Trinajstić information content (AvgIpc) is 2.76. The Hall–Kier alpha value is -3.58. The van der Waals surface area contributed by atoms with Gasteiger partial charge in [-0.2, -0.15) is 5.10 Å². The number of halogens is 1. The number of benzene rings is 3. The van der Waals surface area contributed by atoms with Gasteiger partial charge in [0.1, 0.15) is 5.82 Å². The van der Waals surface area contributed by atoms with Crippen LogP contribution in [0.1, 0.15) is 5.56 Å². The van der Waals surface area contributed by atoms with Crippen LogP contribution in [-0.2, 0) is 16.4 Å². The first-order chi connectivity index (χ1) is 14.8. The van der Waals surface area contributed by atoms with Gasteiger partial charge in [-0.3, -0.25) is 4.79 Å². The molecule has 0 radical (unpaired) electrons. The van der Waals surface area contributed by atoms with E-state index in [9.17, 15) is 17.6 Å². The van der Waals surface area contributed by atoms with E-state index in [1.807, 2.05) is 30.3 Å². The lowest BCUT2D eigenvalue weighted by Crippen LogP contribution is -2.25. The largest absolute Gasteiger partial charge is 0.275 e. The summed E-state index contributed by atoms with van der Waals surface area (Å²) < 4.78 is 38.4. The minimum absolute atomic E-state index is 0.185. The molecule has 156 valence electrons. The van der Waals surface area contributed by atoms with E-state index in [2.05, 4.69) is 5.10 Å². The SMILES string of the molecule is CS(=O)(=O)c1ccc(-c2cnn(Cc3ccccc3)c(=O)c2-c2ccc(F)cc2)cc1. The van der Waals surface area contributed by atoms with Gasteiger partial charge < -0.3 is 0 Å². The van der Waals surface area contributed by atoms with E-state index in [4.69, 9.17) is 0 Å². The summed E-state index contributed by atoms with van der Waals surface area (Å²) in [5, 5.41) is 4.34. The maximum Gasteiger partial charge on any atom is 0.275 e. The molecule has 7 heteroatoms. The first-order valence-electron chi connectivity index (χ1n) is 9.53. The fraction of sp³-hybridized carbons (Fsp3) is 0.0833. The van der Waals surface area contributed by atoms with E-state index in [1.165, 1.54) is 28.9 Å². The first-order valence-corrected chi connectivity index (χ1v) is 11.4. The van der Waals surface area contributed by atoms with Crippen LogP contribution in [0.4, 0.5) is 4.39 Å². The smallest absolute Gasteiger partial charge is 0.267 e. The van der Waals surface area contributed by atoms with Crippen LogP contribution < -0.4 is 5.56 Å². The highest BCUT2D eigenvalue weighted by molar-refractivity contribution is 7.90. The standard InChI is InChI=1S/C24H19FN2O3S/c1-31(29,30)21-13-9-18(10-14-21)22-15-26-27(16-17-5-3-2-4-6-17)24(28)23(22)19-7-11-20(25)12-8-19/h2-15H,16H2,1H3. The summed E-state index contributed by atoms with van der Waals surface area (Å²) in [5.41, 5.74) is 2.72. The van der Waals surface area contributed by atoms with Crippen LogP contribution in [0.15, 0.2) is 94.7 Å². The maximum atomic E-state index is 13.5. The van der Waals surface area contributed by atoms with Crippen molar-refractivity contribution in [2.24, 2.45) is 0 Å². The lowest BCUT2D eigenvalue weighted by Gasteiger charge is -2.13. The molecule has 3 aromatic carbocycles. The Morgan fingerprint density at radius 3 is 2.10 bits per heavy atom. The molecule has 4 rings (SSSR count). The molecule has 0 fully saturated rings. The summed E-state index contributed by atoms with van der Waals surface area (Å²) in [6, 6.07) is 21.4. The molecule has 0 spiro atoms. The van der Waals surface area contributed by atoms with Gasteiger partial charge in [0.05, 0.1) is 23.2 Å². The summed E-state index contributed by atoms with van der Waals surface area (Å²) in [6.07, 6.45) is 2.72. The van der Waals surface area contributed by atoms with Gasteiger partial charge in [-0.25, -0.2) is 17.5 Å². The summed E-state index contributed by atoms with van der Waals surface area (Å²) in [6.45, 7) is 0.293. The van der Waals surface area contributed by atoms with Gasteiger partial charge in [0.15, 0.2) is 9.84 Å². The van der Waals surface area contributed by atoms with Gasteiger partial charge in [-0.15, -0.1) is 0 Å². The van der Waals surface area contributed by atoms with Crippen LogP contribution in [0.3, 0.4) is 0 Å². The highest BCUT2D eigenvalue weighted by atomic mass is 32.2. The Kier molecular flexibility index (Phi) is 5.52. The highest BCUT2D eigenvalue weighted by Crippen LogP contribution is 2.29. The van der Waals surface area contributed by atoms with E-state index < -0.39 is 15.7 Å². The fourth-order valence-electron chi connectivity index (χ4n) is 3.35. The molecule has 0 atom stereocenters. The molecule has 0 saturated heterocycles. The van der Waals surface area contributed by atoms with Crippen LogP contribution >= 0.6 is 0 Å². The normalized spacial score (nSPS) is 11.4. The third-order valence-corrected chi connectivity index (χ3v) is 6.07. The molecule has 5 nitrogen and oxygen atoms in total. The Morgan fingerprint density at radius 1 is 0.871 bits per heavy atom. The molecule has 0 N–H and O–H groups in total. The summed E-state index contributed by atoms with van der Waals surface area (Å²) in [4.78, 5) is 13.6. The topological polar surface area (TPSA) is 69.0 Å². The lowest BCUT2D eigenvalue weighted by molar-refractivity contribution is 0.602. The van der Waals surface area contributed by atoms with Crippen molar-refractivity contribution in [3.05, 3.63) is 107 Å². The van der Waals surface area contributed by atoms with Crippen molar-refractivity contribution in [2.45, 2.75) is 11.4 Å². The third kappa shape index (κ3) is 4.46. The maximum absolute atomic E-state index is 13.5. The van der Waals surface area contributed by atoms with E-state index in [0.29, 0.717) is 28.8 Å². The number of rotatable bonds is 5. The van der Waals surface area contributed by atoms with Gasteiger partial charge in [0.2, 0.25) is 0 Å². The van der Waals surface area contributed by atoms with Crippen LogP contribution in [0.2, 0.25) is 0 Å². The van der Waals surface area contributed by atoms with Crippen LogP contribution in [0, 0.1) is 5.82 Å². The number of aromatic nitrogens is 2. The van der Waals surface area contributed by atoms with Crippen molar-refractivity contribution in [1.82, 2.24) is 9.78 Å². The second-order valence-corrected chi connectivity index (χ2v) is 9.20. The summed E-state index contributed by atoms with van der Waals surface area (Å²) in [7, 11) is -3.34. The first kappa shape index (κ1) is 20.7. The van der Waals surface area contributed by atoms with Gasteiger partial charge >= 0.3 is 0 Å². The second-order valence-electron chi connectivity index (χ2n) is 7.19. The number of hydrogen-bond acceptors (Lipinski definition) is 4. The zero-order chi connectivity index (χ0) is 22.0. The predicted octanol–water partition coefficient (Wildman–Crippen LogP) is 4.17. The minimum atomic E-state index is -3.34. The summed E-state index contributed by atoms with van der Waals surface area (Å²) >= 11 is 0. The minimum Gasteiger partial charge on any atom is -0.267 e. The van der Waals surface area contributed by atoms with Crippen molar-refractivity contribution in [3.8, 4) is 22.3 Å². The fourth-order valence-corrected chi connectivity index (χ4v) is 3.98. The predicted molar refractivity (Wildman–Crippen MR) is 118 cm³/mol. The molecule has 0 unspecified atom stereocenters. The van der Waals surface area contributed by atoms with E-state index >= 15 is 0 Å². The average molecular weight is 434 g/mol. The van der Waals surface area contributed by atoms with Gasteiger partial charge in [-0.1, -0.05) is 54.6 Å². The number of nitrogens with zero attached hydrogens (tertiary/aromatic N) is 2. The molecule has 1 heterocycles. The number of sulfone groups is 1. The monoisotopic (exact) mass is 434 g/mol. The van der Waals surface area contributed by atoms with Crippen molar-refractivity contribution in [2.75, 3.05) is 6.26 Å². The van der Waals surface area contributed by atoms with Crippen LogP contribution in [-0.4, -0.2) is 24.5 Å².